The fraction of sp³-hybridized carbons (Fsp3) is 0.0769. The lowest BCUT2D eigenvalue weighted by Gasteiger charge is -1.97. The Morgan fingerprint density at radius 3 is 2.59 bits per heavy atom. The Bertz CT molecular complexity index is 498. The molecule has 1 aromatic rings. The third kappa shape index (κ3) is 4.13. The van der Waals surface area contributed by atoms with Crippen molar-refractivity contribution in [3.8, 4) is 6.07 Å². The molecule has 0 unspecified atom stereocenters. The van der Waals surface area contributed by atoms with Crippen LogP contribution in [-0.4, -0.2) is 13.0 Å². The first-order chi connectivity index (χ1) is 8.17. The molecule has 0 bridgehead atoms. The summed E-state index contributed by atoms with van der Waals surface area (Å²) in [5, 5.41) is 11.5. The standard InChI is InChI=1S/C13H11ClN2O/c1-16-13(17)11(9-15)8-12(14)7-10-5-3-2-4-6-10/h2-8H,1H3,(H,16,17)/b11-8+,12-7-. The Morgan fingerprint density at radius 2 is 2.06 bits per heavy atom. The van der Waals surface area contributed by atoms with Crippen molar-refractivity contribution in [1.29, 1.82) is 5.26 Å². The molecule has 86 valence electrons. The van der Waals surface area contributed by atoms with Gasteiger partial charge in [0, 0.05) is 12.1 Å². The van der Waals surface area contributed by atoms with E-state index in [2.05, 4.69) is 5.32 Å². The van der Waals surface area contributed by atoms with Crippen LogP contribution in [0.1, 0.15) is 5.56 Å². The van der Waals surface area contributed by atoms with E-state index in [1.165, 1.54) is 13.1 Å². The van der Waals surface area contributed by atoms with Gasteiger partial charge in [0.25, 0.3) is 5.91 Å². The fourth-order valence-electron chi connectivity index (χ4n) is 1.17. The molecule has 3 nitrogen and oxygen atoms in total. The maximum Gasteiger partial charge on any atom is 0.261 e. The van der Waals surface area contributed by atoms with Crippen LogP contribution in [0.15, 0.2) is 47.0 Å². The first kappa shape index (κ1) is 13.0. The van der Waals surface area contributed by atoms with Crippen LogP contribution in [0.2, 0.25) is 0 Å². The van der Waals surface area contributed by atoms with E-state index in [0.717, 1.165) is 5.56 Å². The van der Waals surface area contributed by atoms with Gasteiger partial charge in [-0.2, -0.15) is 5.26 Å². The topological polar surface area (TPSA) is 52.9 Å². The molecule has 0 radical (unpaired) electrons. The molecule has 1 amide bonds. The molecule has 1 rings (SSSR count). The summed E-state index contributed by atoms with van der Waals surface area (Å²) in [6.07, 6.45) is 3.02. The summed E-state index contributed by atoms with van der Waals surface area (Å²) >= 11 is 5.94. The number of nitriles is 1. The van der Waals surface area contributed by atoms with Crippen LogP contribution in [0.25, 0.3) is 6.08 Å². The highest BCUT2D eigenvalue weighted by Crippen LogP contribution is 2.13. The number of hydrogen-bond acceptors (Lipinski definition) is 2. The predicted molar refractivity (Wildman–Crippen MR) is 68.0 cm³/mol. The van der Waals surface area contributed by atoms with E-state index in [-0.39, 0.29) is 5.57 Å². The van der Waals surface area contributed by atoms with Gasteiger partial charge in [-0.1, -0.05) is 41.9 Å². The summed E-state index contributed by atoms with van der Waals surface area (Å²) in [6, 6.07) is 11.2. The smallest absolute Gasteiger partial charge is 0.261 e. The molecule has 0 aliphatic heterocycles. The second-order valence-corrected chi connectivity index (χ2v) is 3.63. The number of carbonyl (C=O) groups excluding carboxylic acids is 1. The Labute approximate surface area is 105 Å². The van der Waals surface area contributed by atoms with Crippen LogP contribution >= 0.6 is 11.6 Å². The van der Waals surface area contributed by atoms with Gasteiger partial charge in [0.1, 0.15) is 11.6 Å². The molecule has 0 aliphatic rings. The zero-order chi connectivity index (χ0) is 12.7. The number of allylic oxidation sites excluding steroid dienone is 2. The van der Waals surface area contributed by atoms with Gasteiger partial charge < -0.3 is 5.32 Å². The van der Waals surface area contributed by atoms with E-state index < -0.39 is 5.91 Å². The number of carbonyl (C=O) groups is 1. The third-order valence-corrected chi connectivity index (χ3v) is 2.20. The van der Waals surface area contributed by atoms with Gasteiger partial charge in [-0.05, 0) is 17.7 Å². The highest BCUT2D eigenvalue weighted by molar-refractivity contribution is 6.33. The number of rotatable bonds is 3. The predicted octanol–water partition coefficient (Wildman–Crippen LogP) is 2.46. The second-order valence-electron chi connectivity index (χ2n) is 3.19. The number of nitrogens with one attached hydrogen (secondary N) is 1. The summed E-state index contributed by atoms with van der Waals surface area (Å²) in [7, 11) is 1.46. The summed E-state index contributed by atoms with van der Waals surface area (Å²) in [5.74, 6) is -0.452. The highest BCUT2D eigenvalue weighted by atomic mass is 35.5. The third-order valence-electron chi connectivity index (χ3n) is 1.98. The molecule has 1 N–H and O–H groups in total. The van der Waals surface area contributed by atoms with Crippen LogP contribution in [0.4, 0.5) is 0 Å². The first-order valence-electron chi connectivity index (χ1n) is 4.93. The first-order valence-corrected chi connectivity index (χ1v) is 5.31. The molecular formula is C13H11ClN2O. The lowest BCUT2D eigenvalue weighted by molar-refractivity contribution is -0.116. The van der Waals surface area contributed by atoms with Crippen molar-refractivity contribution in [2.75, 3.05) is 7.05 Å². The maximum atomic E-state index is 11.2. The van der Waals surface area contributed by atoms with Crippen LogP contribution in [0.3, 0.4) is 0 Å². The number of hydrogen-bond donors (Lipinski definition) is 1. The molecule has 1 aromatic carbocycles. The summed E-state index contributed by atoms with van der Waals surface area (Å²) < 4.78 is 0. The zero-order valence-electron chi connectivity index (χ0n) is 9.27. The molecule has 17 heavy (non-hydrogen) atoms. The van der Waals surface area contributed by atoms with Crippen molar-refractivity contribution < 1.29 is 4.79 Å². The van der Waals surface area contributed by atoms with Crippen LogP contribution in [0.5, 0.6) is 0 Å². The Balaban J connectivity index is 2.95. The normalized spacial score (nSPS) is 11.8. The SMILES string of the molecule is CNC(=O)/C(C#N)=C/C(Cl)=C/c1ccccc1. The van der Waals surface area contributed by atoms with E-state index in [4.69, 9.17) is 16.9 Å². The van der Waals surface area contributed by atoms with Crippen molar-refractivity contribution in [1.82, 2.24) is 5.32 Å². The minimum Gasteiger partial charge on any atom is -0.354 e. The monoisotopic (exact) mass is 246 g/mol. The maximum absolute atomic E-state index is 11.2. The second kappa shape index (κ2) is 6.51. The van der Waals surface area contributed by atoms with Crippen molar-refractivity contribution in [3.05, 3.63) is 52.6 Å². The van der Waals surface area contributed by atoms with Gasteiger partial charge in [-0.15, -0.1) is 0 Å². The Kier molecular flexibility index (Phi) is 4.99. The number of nitrogens with zero attached hydrogens (tertiary/aromatic N) is 1. The zero-order valence-corrected chi connectivity index (χ0v) is 10.0. The summed E-state index contributed by atoms with van der Waals surface area (Å²) in [4.78, 5) is 11.2. The molecule has 0 saturated carbocycles. The van der Waals surface area contributed by atoms with Gasteiger partial charge in [0.05, 0.1) is 0 Å². The van der Waals surface area contributed by atoms with Gasteiger partial charge >= 0.3 is 0 Å². The average molecular weight is 247 g/mol. The van der Waals surface area contributed by atoms with Crippen LogP contribution in [0, 0.1) is 11.3 Å². The molecule has 0 aliphatic carbocycles. The molecular weight excluding hydrogens is 236 g/mol. The van der Waals surface area contributed by atoms with Crippen molar-refractivity contribution in [3.63, 3.8) is 0 Å². The lowest BCUT2D eigenvalue weighted by atomic mass is 10.2. The molecule has 4 heteroatoms. The molecule has 0 fully saturated rings. The lowest BCUT2D eigenvalue weighted by Crippen LogP contribution is -2.19. The van der Waals surface area contributed by atoms with Crippen molar-refractivity contribution in [2.24, 2.45) is 0 Å². The Hall–Kier alpha value is -2.05. The minimum absolute atomic E-state index is 0.0234. The number of benzene rings is 1. The van der Waals surface area contributed by atoms with Crippen molar-refractivity contribution in [2.45, 2.75) is 0 Å². The highest BCUT2D eigenvalue weighted by Gasteiger charge is 2.05. The van der Waals surface area contributed by atoms with Gasteiger partial charge in [0.15, 0.2) is 0 Å². The van der Waals surface area contributed by atoms with Crippen LogP contribution < -0.4 is 5.32 Å². The number of halogens is 1. The minimum atomic E-state index is -0.452. The fourth-order valence-corrected chi connectivity index (χ4v) is 1.41. The van der Waals surface area contributed by atoms with Gasteiger partial charge in [0.2, 0.25) is 0 Å². The van der Waals surface area contributed by atoms with E-state index in [1.807, 2.05) is 30.3 Å². The van der Waals surface area contributed by atoms with Gasteiger partial charge in [-0.25, -0.2) is 0 Å². The van der Waals surface area contributed by atoms with Gasteiger partial charge in [-0.3, -0.25) is 4.79 Å². The van der Waals surface area contributed by atoms with Crippen LogP contribution in [-0.2, 0) is 4.79 Å². The average Bonchev–Trinajstić information content (AvgIpc) is 2.36. The summed E-state index contributed by atoms with van der Waals surface area (Å²) in [6.45, 7) is 0. The molecule has 0 atom stereocenters. The molecule has 0 heterocycles. The van der Waals surface area contributed by atoms with E-state index in [1.54, 1.807) is 12.1 Å². The molecule has 0 saturated heterocycles. The van der Waals surface area contributed by atoms with E-state index >= 15 is 0 Å². The largest absolute Gasteiger partial charge is 0.354 e. The molecule has 0 spiro atoms. The quantitative estimate of drug-likeness (QED) is 0.506. The van der Waals surface area contributed by atoms with E-state index in [9.17, 15) is 4.79 Å². The van der Waals surface area contributed by atoms with Crippen molar-refractivity contribution >= 4 is 23.6 Å². The number of amides is 1. The number of likely N-dealkylation sites (N-methyl/N-ethyl adjacent to an activating group) is 1. The Morgan fingerprint density at radius 1 is 1.41 bits per heavy atom. The van der Waals surface area contributed by atoms with E-state index in [0.29, 0.717) is 5.03 Å². The molecule has 0 aromatic heterocycles. The summed E-state index contributed by atoms with van der Waals surface area (Å²) in [5.41, 5.74) is 0.882.